The molecule has 0 saturated carbocycles. The van der Waals surface area contributed by atoms with Crippen molar-refractivity contribution in [2.75, 3.05) is 13.2 Å². The summed E-state index contributed by atoms with van der Waals surface area (Å²) in [6.45, 7) is 1.52. The van der Waals surface area contributed by atoms with Gasteiger partial charge in [0.05, 0.1) is 12.6 Å². The van der Waals surface area contributed by atoms with E-state index in [0.717, 1.165) is 27.2 Å². The van der Waals surface area contributed by atoms with Crippen LogP contribution in [0.2, 0.25) is 0 Å². The van der Waals surface area contributed by atoms with Gasteiger partial charge in [-0.05, 0) is 29.2 Å². The summed E-state index contributed by atoms with van der Waals surface area (Å²) in [5.74, 6) is -1.24. The maximum Gasteiger partial charge on any atom is 0.410 e. The van der Waals surface area contributed by atoms with Gasteiger partial charge in [-0.15, -0.1) is 0 Å². The minimum atomic E-state index is -1.46. The number of benzene rings is 2. The van der Waals surface area contributed by atoms with Crippen LogP contribution in [0.25, 0.3) is 11.1 Å². The lowest BCUT2D eigenvalue weighted by molar-refractivity contribution is -0.147. The Morgan fingerprint density at radius 3 is 2.22 bits per heavy atom. The number of nitrogens with zero attached hydrogens (tertiary/aromatic N) is 1. The standard InChI is InChI=1S/C21H21NO5/c1-21(19(24)25)10-13(23)11-22(21)20(26)27-12-18-16-8-4-2-6-14(16)15-7-3-5-9-17(15)18/h2-9,13,18,23H,10-12H2,1H3,(H,24,25)/t13-,21+/m0/s1. The number of hydrogen-bond donors (Lipinski definition) is 2. The highest BCUT2D eigenvalue weighted by Gasteiger charge is 2.50. The molecule has 1 saturated heterocycles. The van der Waals surface area contributed by atoms with Crippen molar-refractivity contribution >= 4 is 12.1 Å². The molecule has 0 unspecified atom stereocenters. The van der Waals surface area contributed by atoms with Crippen LogP contribution in [0.5, 0.6) is 0 Å². The number of likely N-dealkylation sites (tertiary alicyclic amines) is 1. The summed E-state index contributed by atoms with van der Waals surface area (Å²) < 4.78 is 5.53. The SMILES string of the molecule is C[C@]1(C(=O)O)C[C@H](O)CN1C(=O)OCC1c2ccccc2-c2ccccc21. The van der Waals surface area contributed by atoms with Crippen molar-refractivity contribution in [2.24, 2.45) is 0 Å². The number of fused-ring (bicyclic) bond motifs is 3. The number of β-amino-alcohol motifs (C(OH)–C–C–N with tert-alkyl or cyclic N) is 1. The highest BCUT2D eigenvalue weighted by Crippen LogP contribution is 2.44. The van der Waals surface area contributed by atoms with E-state index in [0.29, 0.717) is 0 Å². The Morgan fingerprint density at radius 1 is 1.11 bits per heavy atom. The molecular formula is C21H21NO5. The number of rotatable bonds is 3. The van der Waals surface area contributed by atoms with Gasteiger partial charge < -0.3 is 14.9 Å². The number of aliphatic hydroxyl groups excluding tert-OH is 1. The van der Waals surface area contributed by atoms with E-state index in [1.54, 1.807) is 0 Å². The summed E-state index contributed by atoms with van der Waals surface area (Å²) in [6.07, 6.45) is -1.59. The van der Waals surface area contributed by atoms with Crippen LogP contribution in [0.3, 0.4) is 0 Å². The largest absolute Gasteiger partial charge is 0.480 e. The number of hydrogen-bond acceptors (Lipinski definition) is 4. The first-order valence-corrected chi connectivity index (χ1v) is 8.96. The van der Waals surface area contributed by atoms with Crippen LogP contribution in [0.15, 0.2) is 48.5 Å². The number of carboxylic acid groups (broad SMARTS) is 1. The fourth-order valence-electron chi connectivity index (χ4n) is 4.20. The Balaban J connectivity index is 1.56. The van der Waals surface area contributed by atoms with Gasteiger partial charge in [0, 0.05) is 12.3 Å². The number of ether oxygens (including phenoxy) is 1. The molecule has 140 valence electrons. The lowest BCUT2D eigenvalue weighted by Crippen LogP contribution is -2.51. The minimum absolute atomic E-state index is 0.00741. The van der Waals surface area contributed by atoms with E-state index in [2.05, 4.69) is 0 Å². The summed E-state index contributed by atoms with van der Waals surface area (Å²) in [5, 5.41) is 19.3. The van der Waals surface area contributed by atoms with Gasteiger partial charge in [-0.3, -0.25) is 4.90 Å². The smallest absolute Gasteiger partial charge is 0.410 e. The number of aliphatic hydroxyl groups is 1. The molecule has 1 amide bonds. The molecule has 1 aliphatic heterocycles. The highest BCUT2D eigenvalue weighted by atomic mass is 16.6. The second-order valence-corrected chi connectivity index (χ2v) is 7.35. The molecule has 2 aromatic carbocycles. The third kappa shape index (κ3) is 2.77. The molecule has 0 spiro atoms. The first kappa shape index (κ1) is 17.5. The van der Waals surface area contributed by atoms with Gasteiger partial charge in [0.25, 0.3) is 0 Å². The average molecular weight is 367 g/mol. The van der Waals surface area contributed by atoms with E-state index in [1.165, 1.54) is 6.92 Å². The quantitative estimate of drug-likeness (QED) is 0.871. The fraction of sp³-hybridized carbons (Fsp3) is 0.333. The fourth-order valence-corrected chi connectivity index (χ4v) is 4.20. The molecule has 1 heterocycles. The van der Waals surface area contributed by atoms with Crippen LogP contribution >= 0.6 is 0 Å². The molecule has 0 aromatic heterocycles. The molecule has 6 heteroatoms. The summed E-state index contributed by atoms with van der Waals surface area (Å²) in [4.78, 5) is 25.3. The summed E-state index contributed by atoms with van der Waals surface area (Å²) >= 11 is 0. The highest BCUT2D eigenvalue weighted by molar-refractivity contribution is 5.85. The van der Waals surface area contributed by atoms with Crippen molar-refractivity contribution in [1.82, 2.24) is 4.90 Å². The molecular weight excluding hydrogens is 346 g/mol. The van der Waals surface area contributed by atoms with E-state index in [4.69, 9.17) is 4.74 Å². The second kappa shape index (κ2) is 6.39. The van der Waals surface area contributed by atoms with E-state index in [1.807, 2.05) is 48.5 Å². The normalized spacial score (nSPS) is 23.8. The third-order valence-electron chi connectivity index (χ3n) is 5.64. The zero-order valence-electron chi connectivity index (χ0n) is 15.0. The average Bonchev–Trinajstić information content (AvgIpc) is 3.15. The molecule has 2 N–H and O–H groups in total. The first-order chi connectivity index (χ1) is 12.9. The predicted molar refractivity (Wildman–Crippen MR) is 98.4 cm³/mol. The number of amides is 1. The van der Waals surface area contributed by atoms with Crippen LogP contribution in [0.1, 0.15) is 30.4 Å². The van der Waals surface area contributed by atoms with Gasteiger partial charge in [-0.25, -0.2) is 9.59 Å². The molecule has 0 bridgehead atoms. The second-order valence-electron chi connectivity index (χ2n) is 7.35. The zero-order chi connectivity index (χ0) is 19.2. The lowest BCUT2D eigenvalue weighted by Gasteiger charge is -2.30. The van der Waals surface area contributed by atoms with Crippen molar-refractivity contribution in [1.29, 1.82) is 0 Å². The molecule has 6 nitrogen and oxygen atoms in total. The van der Waals surface area contributed by atoms with Crippen LogP contribution in [0.4, 0.5) is 4.79 Å². The predicted octanol–water partition coefficient (Wildman–Crippen LogP) is 2.85. The van der Waals surface area contributed by atoms with Gasteiger partial charge in [0.15, 0.2) is 0 Å². The topological polar surface area (TPSA) is 87.1 Å². The monoisotopic (exact) mass is 367 g/mol. The molecule has 27 heavy (non-hydrogen) atoms. The molecule has 1 fully saturated rings. The Bertz CT molecular complexity index is 865. The Hall–Kier alpha value is -2.86. The van der Waals surface area contributed by atoms with Crippen molar-refractivity contribution in [2.45, 2.75) is 30.9 Å². The summed E-state index contributed by atoms with van der Waals surface area (Å²) in [5.41, 5.74) is 2.98. The van der Waals surface area contributed by atoms with Gasteiger partial charge in [-0.2, -0.15) is 0 Å². The number of carbonyl (C=O) groups excluding carboxylic acids is 1. The molecule has 2 aromatic rings. The van der Waals surface area contributed by atoms with Crippen molar-refractivity contribution < 1.29 is 24.5 Å². The van der Waals surface area contributed by atoms with Crippen LogP contribution < -0.4 is 0 Å². The van der Waals surface area contributed by atoms with E-state index >= 15 is 0 Å². The maximum absolute atomic E-state index is 12.6. The van der Waals surface area contributed by atoms with Crippen molar-refractivity contribution in [3.05, 3.63) is 59.7 Å². The van der Waals surface area contributed by atoms with E-state index < -0.39 is 23.7 Å². The summed E-state index contributed by atoms with van der Waals surface area (Å²) in [6, 6.07) is 16.0. The molecule has 0 radical (unpaired) electrons. The van der Waals surface area contributed by atoms with Gasteiger partial charge in [-0.1, -0.05) is 48.5 Å². The minimum Gasteiger partial charge on any atom is -0.480 e. The van der Waals surface area contributed by atoms with Crippen molar-refractivity contribution in [3.63, 3.8) is 0 Å². The maximum atomic E-state index is 12.6. The van der Waals surface area contributed by atoms with E-state index in [-0.39, 0.29) is 25.5 Å². The van der Waals surface area contributed by atoms with Crippen LogP contribution in [0, 0.1) is 0 Å². The lowest BCUT2D eigenvalue weighted by atomic mass is 9.98. The Morgan fingerprint density at radius 2 is 1.67 bits per heavy atom. The molecule has 1 aliphatic carbocycles. The first-order valence-electron chi connectivity index (χ1n) is 8.96. The number of carboxylic acids is 1. The Labute approximate surface area is 157 Å². The van der Waals surface area contributed by atoms with Crippen molar-refractivity contribution in [3.8, 4) is 11.1 Å². The third-order valence-corrected chi connectivity index (χ3v) is 5.64. The number of carbonyl (C=O) groups is 2. The Kier molecular flexibility index (Phi) is 4.15. The van der Waals surface area contributed by atoms with E-state index in [9.17, 15) is 19.8 Å². The zero-order valence-corrected chi connectivity index (χ0v) is 15.0. The van der Waals surface area contributed by atoms with Gasteiger partial charge in [0.1, 0.15) is 12.1 Å². The van der Waals surface area contributed by atoms with Gasteiger partial charge >= 0.3 is 12.1 Å². The molecule has 2 aliphatic rings. The molecule has 4 rings (SSSR count). The van der Waals surface area contributed by atoms with Crippen LogP contribution in [-0.4, -0.2) is 52.0 Å². The van der Waals surface area contributed by atoms with Gasteiger partial charge in [0.2, 0.25) is 0 Å². The molecule has 2 atom stereocenters. The summed E-state index contributed by atoms with van der Waals surface area (Å²) in [7, 11) is 0. The van der Waals surface area contributed by atoms with Crippen LogP contribution in [-0.2, 0) is 9.53 Å². The number of aliphatic carboxylic acids is 1.